The minimum atomic E-state index is 1.08. The summed E-state index contributed by atoms with van der Waals surface area (Å²) in [6, 6.07) is 90.3. The van der Waals surface area contributed by atoms with Crippen LogP contribution >= 0.6 is 0 Å². The topological polar surface area (TPSA) is 13.1 Å². The Kier molecular flexibility index (Phi) is 8.83. The van der Waals surface area contributed by atoms with E-state index in [1.54, 1.807) is 0 Å². The van der Waals surface area contributed by atoms with E-state index in [4.69, 9.17) is 0 Å². The molecule has 63 heavy (non-hydrogen) atoms. The molecule has 0 unspecified atom stereocenters. The number of para-hydroxylation sites is 5. The van der Waals surface area contributed by atoms with Crippen molar-refractivity contribution in [2.24, 2.45) is 0 Å². The first-order chi connectivity index (χ1) is 31.3. The molecule has 296 valence electrons. The smallest absolute Gasteiger partial charge is 0.0562 e. The molecule has 0 fully saturated rings. The van der Waals surface area contributed by atoms with Crippen molar-refractivity contribution in [1.29, 1.82) is 0 Å². The van der Waals surface area contributed by atoms with Crippen LogP contribution in [0.4, 0.5) is 17.1 Å². The van der Waals surface area contributed by atoms with Crippen molar-refractivity contribution in [3.05, 3.63) is 249 Å². The van der Waals surface area contributed by atoms with Gasteiger partial charge in [-0.2, -0.15) is 0 Å². The molecule has 3 nitrogen and oxygen atoms in total. The summed E-state index contributed by atoms with van der Waals surface area (Å²) >= 11 is 0. The number of benzene rings is 10. The van der Waals surface area contributed by atoms with E-state index < -0.39 is 0 Å². The predicted molar refractivity (Wildman–Crippen MR) is 266 cm³/mol. The number of hydrogen-bond acceptors (Lipinski definition) is 1. The molecule has 10 aromatic carbocycles. The Balaban J connectivity index is 1.17. The largest absolute Gasteiger partial charge is 0.309 e. The third kappa shape index (κ3) is 6.21. The number of anilines is 3. The van der Waals surface area contributed by atoms with Crippen LogP contribution in [0.2, 0.25) is 0 Å². The lowest BCUT2D eigenvalue weighted by Gasteiger charge is -2.30. The van der Waals surface area contributed by atoms with Crippen LogP contribution in [0, 0.1) is 0 Å². The SMILES string of the molecule is c1ccc(-c2cc(-c3ccccc3)cc(N(c3ccccc3-c3ccc4c5ccccc5n(-c5ccccc5)c4c3)c3cccc4c3c3ccccc3n4-c3ccccc3)c2)cc1. The van der Waals surface area contributed by atoms with E-state index in [-0.39, 0.29) is 0 Å². The standard InChI is InChI=1S/C60H41N3/c1-5-20-42(21-6-1)45-38-46(43-22-7-2-8-23-43)40-49(39-45)63(58-35-19-34-57-60(58)53-30-15-18-33-56(53)61(57)47-24-9-3-10-25-47)54-31-16-13-28-50(54)44-36-37-52-51-29-14-17-32-55(51)62(59(52)41-44)48-26-11-4-12-27-48/h1-41H. The molecular formula is C60H41N3. The highest BCUT2D eigenvalue weighted by Crippen LogP contribution is 2.48. The van der Waals surface area contributed by atoms with Crippen molar-refractivity contribution >= 4 is 60.7 Å². The lowest BCUT2D eigenvalue weighted by Crippen LogP contribution is -2.12. The van der Waals surface area contributed by atoms with Gasteiger partial charge in [-0.1, -0.05) is 170 Å². The third-order valence-electron chi connectivity index (χ3n) is 12.5. The van der Waals surface area contributed by atoms with Gasteiger partial charge in [-0.05, 0) is 107 Å². The summed E-state index contributed by atoms with van der Waals surface area (Å²) in [7, 11) is 0. The van der Waals surface area contributed by atoms with Crippen LogP contribution in [0.15, 0.2) is 249 Å². The first-order valence-corrected chi connectivity index (χ1v) is 21.6. The highest BCUT2D eigenvalue weighted by molar-refractivity contribution is 6.17. The van der Waals surface area contributed by atoms with Gasteiger partial charge < -0.3 is 14.0 Å². The summed E-state index contributed by atoms with van der Waals surface area (Å²) in [5, 5.41) is 4.86. The van der Waals surface area contributed by atoms with Gasteiger partial charge in [-0.15, -0.1) is 0 Å². The van der Waals surface area contributed by atoms with Gasteiger partial charge in [-0.25, -0.2) is 0 Å². The van der Waals surface area contributed by atoms with E-state index in [2.05, 4.69) is 263 Å². The molecule has 12 aromatic rings. The highest BCUT2D eigenvalue weighted by atomic mass is 15.2. The van der Waals surface area contributed by atoms with Crippen molar-refractivity contribution < 1.29 is 0 Å². The number of nitrogens with zero attached hydrogens (tertiary/aromatic N) is 3. The molecule has 0 saturated heterocycles. The summed E-state index contributed by atoms with van der Waals surface area (Å²) in [5.41, 5.74) is 17.2. The van der Waals surface area contributed by atoms with Gasteiger partial charge in [0.2, 0.25) is 0 Å². The van der Waals surface area contributed by atoms with Gasteiger partial charge in [0.25, 0.3) is 0 Å². The molecule has 2 heterocycles. The number of hydrogen-bond donors (Lipinski definition) is 0. The molecule has 0 radical (unpaired) electrons. The second-order valence-corrected chi connectivity index (χ2v) is 16.1. The van der Waals surface area contributed by atoms with Crippen molar-refractivity contribution in [3.63, 3.8) is 0 Å². The summed E-state index contributed by atoms with van der Waals surface area (Å²) < 4.78 is 4.81. The fraction of sp³-hybridized carbons (Fsp3) is 0. The maximum absolute atomic E-state index is 2.51. The van der Waals surface area contributed by atoms with Crippen LogP contribution in [0.25, 0.3) is 88.4 Å². The first kappa shape index (κ1) is 36.5. The molecule has 0 bridgehead atoms. The number of fused-ring (bicyclic) bond motifs is 6. The van der Waals surface area contributed by atoms with E-state index >= 15 is 0 Å². The molecule has 0 N–H and O–H groups in total. The summed E-state index contributed by atoms with van der Waals surface area (Å²) in [6.07, 6.45) is 0. The average molecular weight is 804 g/mol. The van der Waals surface area contributed by atoms with Gasteiger partial charge in [0.1, 0.15) is 0 Å². The molecule has 12 rings (SSSR count). The van der Waals surface area contributed by atoms with E-state index in [1.807, 2.05) is 0 Å². The lowest BCUT2D eigenvalue weighted by molar-refractivity contribution is 1.18. The van der Waals surface area contributed by atoms with Crippen LogP contribution in [0.5, 0.6) is 0 Å². The van der Waals surface area contributed by atoms with Crippen molar-refractivity contribution in [3.8, 4) is 44.8 Å². The second-order valence-electron chi connectivity index (χ2n) is 16.1. The number of aromatic nitrogens is 2. The number of rotatable bonds is 8. The lowest BCUT2D eigenvalue weighted by atomic mass is 9.96. The fourth-order valence-electron chi connectivity index (χ4n) is 9.69. The molecular weight excluding hydrogens is 763 g/mol. The zero-order chi connectivity index (χ0) is 41.7. The van der Waals surface area contributed by atoms with Crippen molar-refractivity contribution in [2.75, 3.05) is 4.90 Å². The molecule has 0 aliphatic rings. The Labute approximate surface area is 366 Å². The Morgan fingerprint density at radius 2 is 0.746 bits per heavy atom. The minimum absolute atomic E-state index is 1.08. The van der Waals surface area contributed by atoms with Gasteiger partial charge >= 0.3 is 0 Å². The Bertz CT molecular complexity index is 3550. The maximum atomic E-state index is 2.51. The minimum Gasteiger partial charge on any atom is -0.309 e. The van der Waals surface area contributed by atoms with E-state index in [0.29, 0.717) is 0 Å². The van der Waals surface area contributed by atoms with Crippen molar-refractivity contribution in [2.45, 2.75) is 0 Å². The third-order valence-corrected chi connectivity index (χ3v) is 12.5. The predicted octanol–water partition coefficient (Wildman–Crippen LogP) is 16.4. The van der Waals surface area contributed by atoms with Gasteiger partial charge in [0, 0.05) is 44.2 Å². The van der Waals surface area contributed by atoms with Gasteiger partial charge in [0.05, 0.1) is 33.4 Å². The molecule has 0 aliphatic carbocycles. The maximum Gasteiger partial charge on any atom is 0.0562 e. The first-order valence-electron chi connectivity index (χ1n) is 21.6. The molecule has 0 saturated carbocycles. The molecule has 0 amide bonds. The second kappa shape index (κ2) is 15.3. The van der Waals surface area contributed by atoms with Crippen LogP contribution in [0.1, 0.15) is 0 Å². The molecule has 0 atom stereocenters. The summed E-state index contributed by atoms with van der Waals surface area (Å²) in [6.45, 7) is 0. The fourth-order valence-corrected chi connectivity index (χ4v) is 9.69. The highest BCUT2D eigenvalue weighted by Gasteiger charge is 2.25. The van der Waals surface area contributed by atoms with E-state index in [0.717, 1.165) is 56.2 Å². The van der Waals surface area contributed by atoms with Gasteiger partial charge in [0.15, 0.2) is 0 Å². The van der Waals surface area contributed by atoms with Crippen molar-refractivity contribution in [1.82, 2.24) is 9.13 Å². The Morgan fingerprint density at radius 3 is 1.40 bits per heavy atom. The quantitative estimate of drug-likeness (QED) is 0.149. The Morgan fingerprint density at radius 1 is 0.270 bits per heavy atom. The average Bonchev–Trinajstić information content (AvgIpc) is 3.88. The Hall–Kier alpha value is -8.40. The zero-order valence-electron chi connectivity index (χ0n) is 34.5. The van der Waals surface area contributed by atoms with Crippen LogP contribution in [0.3, 0.4) is 0 Å². The summed E-state index contributed by atoms with van der Waals surface area (Å²) in [4.78, 5) is 2.51. The van der Waals surface area contributed by atoms with Crippen LogP contribution < -0.4 is 4.90 Å². The molecule has 0 aliphatic heterocycles. The monoisotopic (exact) mass is 803 g/mol. The summed E-state index contributed by atoms with van der Waals surface area (Å²) in [5.74, 6) is 0. The van der Waals surface area contributed by atoms with Crippen LogP contribution in [-0.2, 0) is 0 Å². The molecule has 2 aromatic heterocycles. The zero-order valence-corrected chi connectivity index (χ0v) is 34.5. The van der Waals surface area contributed by atoms with Gasteiger partial charge in [-0.3, -0.25) is 0 Å². The molecule has 3 heteroatoms. The molecule has 0 spiro atoms. The normalized spacial score (nSPS) is 11.5. The van der Waals surface area contributed by atoms with E-state index in [9.17, 15) is 0 Å². The van der Waals surface area contributed by atoms with E-state index in [1.165, 1.54) is 49.2 Å². The van der Waals surface area contributed by atoms with Crippen LogP contribution in [-0.4, -0.2) is 9.13 Å².